The van der Waals surface area contributed by atoms with Gasteiger partial charge in [-0.25, -0.2) is 0 Å². The summed E-state index contributed by atoms with van der Waals surface area (Å²) in [6.45, 7) is 2.05. The van der Waals surface area contributed by atoms with Crippen LogP contribution in [-0.4, -0.2) is 9.78 Å². The van der Waals surface area contributed by atoms with Gasteiger partial charge in [0.05, 0.1) is 18.5 Å². The molecule has 4 heteroatoms. The zero-order chi connectivity index (χ0) is 10.8. The van der Waals surface area contributed by atoms with Gasteiger partial charge in [-0.15, -0.1) is 0 Å². The summed E-state index contributed by atoms with van der Waals surface area (Å²) in [5.74, 6) is 0.950. The second kappa shape index (κ2) is 3.90. The van der Waals surface area contributed by atoms with Crippen molar-refractivity contribution >= 4 is 0 Å². The second-order valence-electron chi connectivity index (χ2n) is 3.58. The largest absolute Gasteiger partial charge is 0.469 e. The maximum Gasteiger partial charge on any atom is 0.108 e. The van der Waals surface area contributed by atoms with Crippen LogP contribution >= 0.6 is 0 Å². The summed E-state index contributed by atoms with van der Waals surface area (Å²) in [4.78, 5) is 0. The Kier molecular flexibility index (Phi) is 2.60. The average molecular weight is 205 g/mol. The predicted molar refractivity (Wildman–Crippen MR) is 57.3 cm³/mol. The highest BCUT2D eigenvalue weighted by atomic mass is 16.3. The van der Waals surface area contributed by atoms with Crippen LogP contribution in [0.2, 0.25) is 0 Å². The summed E-state index contributed by atoms with van der Waals surface area (Å²) >= 11 is 0. The van der Waals surface area contributed by atoms with Crippen molar-refractivity contribution in [2.24, 2.45) is 12.8 Å². The van der Waals surface area contributed by atoms with Gasteiger partial charge in [0.25, 0.3) is 0 Å². The van der Waals surface area contributed by atoms with E-state index in [0.29, 0.717) is 0 Å². The molecule has 2 rings (SSSR count). The predicted octanol–water partition coefficient (Wildman–Crippen LogP) is 1.62. The normalized spacial score (nSPS) is 13.0. The van der Waals surface area contributed by atoms with Crippen LogP contribution in [0.4, 0.5) is 0 Å². The third kappa shape index (κ3) is 1.80. The van der Waals surface area contributed by atoms with E-state index < -0.39 is 0 Å². The van der Waals surface area contributed by atoms with E-state index in [4.69, 9.17) is 10.2 Å². The van der Waals surface area contributed by atoms with E-state index in [1.807, 2.05) is 19.3 Å². The molecule has 2 heterocycles. The minimum Gasteiger partial charge on any atom is -0.469 e. The van der Waals surface area contributed by atoms with Gasteiger partial charge >= 0.3 is 0 Å². The van der Waals surface area contributed by atoms with Crippen molar-refractivity contribution in [3.05, 3.63) is 41.6 Å². The lowest BCUT2D eigenvalue weighted by atomic mass is 10.0. The van der Waals surface area contributed by atoms with Crippen molar-refractivity contribution in [1.29, 1.82) is 0 Å². The van der Waals surface area contributed by atoms with Crippen LogP contribution in [0.3, 0.4) is 0 Å². The number of rotatable bonds is 3. The van der Waals surface area contributed by atoms with Crippen LogP contribution in [0.1, 0.15) is 29.9 Å². The van der Waals surface area contributed by atoms with E-state index in [1.54, 1.807) is 17.1 Å². The van der Waals surface area contributed by atoms with E-state index >= 15 is 0 Å². The monoisotopic (exact) mass is 205 g/mol. The Morgan fingerprint density at radius 1 is 1.60 bits per heavy atom. The molecule has 0 aliphatic heterocycles. The standard InChI is InChI=1S/C11H15N3O/c1-3-10-9(4-5-15-10)11(12)8-6-13-14(2)7-8/h4-7,11H,3,12H2,1-2H3. The molecule has 0 spiro atoms. The molecule has 0 bridgehead atoms. The highest BCUT2D eigenvalue weighted by molar-refractivity contribution is 5.30. The maximum absolute atomic E-state index is 6.14. The molecule has 0 saturated heterocycles. The van der Waals surface area contributed by atoms with Crippen LogP contribution in [-0.2, 0) is 13.5 Å². The first-order valence-corrected chi connectivity index (χ1v) is 5.02. The molecule has 0 radical (unpaired) electrons. The molecule has 0 aliphatic rings. The molecule has 0 aromatic carbocycles. The molecular formula is C11H15N3O. The SMILES string of the molecule is CCc1occc1C(N)c1cnn(C)c1. The van der Waals surface area contributed by atoms with Crippen molar-refractivity contribution < 1.29 is 4.42 Å². The second-order valence-corrected chi connectivity index (χ2v) is 3.58. The maximum atomic E-state index is 6.14. The molecule has 0 fully saturated rings. The first-order valence-electron chi connectivity index (χ1n) is 5.02. The number of nitrogens with zero attached hydrogens (tertiary/aromatic N) is 2. The molecule has 0 aliphatic carbocycles. The number of hydrogen-bond acceptors (Lipinski definition) is 3. The van der Waals surface area contributed by atoms with E-state index in [1.165, 1.54) is 0 Å². The molecule has 0 amide bonds. The molecule has 15 heavy (non-hydrogen) atoms. The van der Waals surface area contributed by atoms with E-state index in [2.05, 4.69) is 12.0 Å². The van der Waals surface area contributed by atoms with Gasteiger partial charge in [-0.3, -0.25) is 4.68 Å². The average Bonchev–Trinajstić information content (AvgIpc) is 2.84. The fourth-order valence-corrected chi connectivity index (χ4v) is 1.70. The molecule has 0 saturated carbocycles. The molecular weight excluding hydrogens is 190 g/mol. The van der Waals surface area contributed by atoms with Crippen molar-refractivity contribution in [2.75, 3.05) is 0 Å². The minimum atomic E-state index is -0.146. The quantitative estimate of drug-likeness (QED) is 0.828. The lowest BCUT2D eigenvalue weighted by Gasteiger charge is -2.08. The summed E-state index contributed by atoms with van der Waals surface area (Å²) in [6, 6.07) is 1.78. The van der Waals surface area contributed by atoms with E-state index in [0.717, 1.165) is 23.3 Å². The lowest BCUT2D eigenvalue weighted by Crippen LogP contribution is -2.11. The molecule has 2 N–H and O–H groups in total. The number of furan rings is 1. The van der Waals surface area contributed by atoms with Gasteiger partial charge < -0.3 is 10.2 Å². The molecule has 80 valence electrons. The number of nitrogens with two attached hydrogens (primary N) is 1. The Balaban J connectivity index is 2.31. The highest BCUT2D eigenvalue weighted by Crippen LogP contribution is 2.23. The highest BCUT2D eigenvalue weighted by Gasteiger charge is 2.15. The Labute approximate surface area is 88.7 Å². The van der Waals surface area contributed by atoms with Gasteiger partial charge in [-0.05, 0) is 6.07 Å². The van der Waals surface area contributed by atoms with E-state index in [-0.39, 0.29) is 6.04 Å². The third-order valence-electron chi connectivity index (χ3n) is 2.52. The lowest BCUT2D eigenvalue weighted by molar-refractivity contribution is 0.509. The first-order chi connectivity index (χ1) is 7.22. The van der Waals surface area contributed by atoms with Crippen LogP contribution in [0.25, 0.3) is 0 Å². The Morgan fingerprint density at radius 3 is 3.00 bits per heavy atom. The summed E-state index contributed by atoms with van der Waals surface area (Å²) in [7, 11) is 1.88. The number of hydrogen-bond donors (Lipinski definition) is 1. The molecule has 2 aromatic heterocycles. The van der Waals surface area contributed by atoms with Gasteiger partial charge in [0.1, 0.15) is 5.76 Å². The van der Waals surface area contributed by atoms with E-state index in [9.17, 15) is 0 Å². The fourth-order valence-electron chi connectivity index (χ4n) is 1.70. The number of aromatic nitrogens is 2. The molecule has 1 unspecified atom stereocenters. The van der Waals surface area contributed by atoms with Gasteiger partial charge in [0.2, 0.25) is 0 Å². The number of aryl methyl sites for hydroxylation is 2. The summed E-state index contributed by atoms with van der Waals surface area (Å²) in [5, 5.41) is 4.11. The molecule has 1 atom stereocenters. The van der Waals surface area contributed by atoms with Crippen molar-refractivity contribution in [2.45, 2.75) is 19.4 Å². The van der Waals surface area contributed by atoms with Crippen LogP contribution in [0.15, 0.2) is 29.1 Å². The van der Waals surface area contributed by atoms with Crippen LogP contribution in [0.5, 0.6) is 0 Å². The van der Waals surface area contributed by atoms with Crippen LogP contribution in [0, 0.1) is 0 Å². The van der Waals surface area contributed by atoms with Crippen molar-refractivity contribution in [1.82, 2.24) is 9.78 Å². The minimum absolute atomic E-state index is 0.146. The first kappa shape index (κ1) is 9.98. The zero-order valence-electron chi connectivity index (χ0n) is 8.97. The van der Waals surface area contributed by atoms with Gasteiger partial charge in [-0.1, -0.05) is 6.92 Å². The summed E-state index contributed by atoms with van der Waals surface area (Å²) in [5.41, 5.74) is 8.19. The Bertz CT molecular complexity index is 444. The topological polar surface area (TPSA) is 57.0 Å². The van der Waals surface area contributed by atoms with Gasteiger partial charge in [0, 0.05) is 30.8 Å². The van der Waals surface area contributed by atoms with Crippen molar-refractivity contribution in [3.63, 3.8) is 0 Å². The Hall–Kier alpha value is -1.55. The van der Waals surface area contributed by atoms with Crippen molar-refractivity contribution in [3.8, 4) is 0 Å². The molecule has 2 aromatic rings. The fraction of sp³-hybridized carbons (Fsp3) is 0.364. The summed E-state index contributed by atoms with van der Waals surface area (Å²) < 4.78 is 7.11. The third-order valence-corrected chi connectivity index (χ3v) is 2.52. The van der Waals surface area contributed by atoms with Gasteiger partial charge in [-0.2, -0.15) is 5.10 Å². The van der Waals surface area contributed by atoms with Crippen LogP contribution < -0.4 is 5.73 Å². The summed E-state index contributed by atoms with van der Waals surface area (Å²) in [6.07, 6.45) is 6.26. The molecule has 4 nitrogen and oxygen atoms in total. The zero-order valence-corrected chi connectivity index (χ0v) is 8.97. The van der Waals surface area contributed by atoms with Gasteiger partial charge in [0.15, 0.2) is 0 Å². The smallest absolute Gasteiger partial charge is 0.108 e. The Morgan fingerprint density at radius 2 is 2.40 bits per heavy atom.